The Morgan fingerprint density at radius 2 is 1.74 bits per heavy atom. The average molecular weight is 482 g/mol. The highest BCUT2D eigenvalue weighted by molar-refractivity contribution is 7.92. The zero-order valence-corrected chi connectivity index (χ0v) is 20.3. The number of methoxy groups -OCH3 is 2. The van der Waals surface area contributed by atoms with Gasteiger partial charge in [-0.05, 0) is 49.7 Å². The largest absolute Gasteiger partial charge is 0.493 e. The van der Waals surface area contributed by atoms with Gasteiger partial charge in [0.2, 0.25) is 0 Å². The molecule has 0 saturated carbocycles. The van der Waals surface area contributed by atoms with E-state index in [1.54, 1.807) is 55.5 Å². The molecule has 0 fully saturated rings. The molecule has 9 heteroatoms. The number of ether oxygens (including phenoxy) is 2. The van der Waals surface area contributed by atoms with Crippen LogP contribution < -0.4 is 19.2 Å². The number of rotatable bonds is 9. The molecule has 0 spiro atoms. The standard InChI is InChI=1S/C25H27N3O5S/c1-18-13-14-22(19(2)15-18)28(34(30,31)21-10-6-5-7-11-21)17-24(29)27-26-16-20-9-8-12-23(32-3)25(20)33-4/h5-16H,17H2,1-4H3,(H,27,29). The van der Waals surface area contributed by atoms with E-state index in [2.05, 4.69) is 10.5 Å². The second-order valence-corrected chi connectivity index (χ2v) is 9.35. The Labute approximate surface area is 199 Å². The van der Waals surface area contributed by atoms with E-state index in [0.717, 1.165) is 15.4 Å². The first-order valence-corrected chi connectivity index (χ1v) is 11.9. The summed E-state index contributed by atoms with van der Waals surface area (Å²) >= 11 is 0. The van der Waals surface area contributed by atoms with Gasteiger partial charge in [-0.2, -0.15) is 5.10 Å². The molecule has 0 aromatic heterocycles. The van der Waals surface area contributed by atoms with Gasteiger partial charge in [0.1, 0.15) is 6.54 Å². The van der Waals surface area contributed by atoms with Gasteiger partial charge in [-0.15, -0.1) is 0 Å². The van der Waals surface area contributed by atoms with Crippen LogP contribution in [0.1, 0.15) is 16.7 Å². The maximum atomic E-state index is 13.4. The molecule has 0 bridgehead atoms. The lowest BCUT2D eigenvalue weighted by molar-refractivity contribution is -0.119. The first-order chi connectivity index (χ1) is 16.3. The van der Waals surface area contributed by atoms with E-state index in [0.29, 0.717) is 22.7 Å². The molecule has 3 aromatic rings. The number of carbonyl (C=O) groups excluding carboxylic acids is 1. The molecule has 8 nitrogen and oxygen atoms in total. The lowest BCUT2D eigenvalue weighted by Crippen LogP contribution is -2.40. The molecule has 0 aliphatic rings. The summed E-state index contributed by atoms with van der Waals surface area (Å²) in [5, 5.41) is 3.98. The summed E-state index contributed by atoms with van der Waals surface area (Å²) in [6, 6.07) is 18.6. The first-order valence-electron chi connectivity index (χ1n) is 10.5. The molecule has 0 saturated heterocycles. The maximum absolute atomic E-state index is 13.4. The summed E-state index contributed by atoms with van der Waals surface area (Å²) in [6.07, 6.45) is 1.41. The first kappa shape index (κ1) is 24.8. The van der Waals surface area contributed by atoms with Crippen molar-refractivity contribution >= 4 is 27.8 Å². The quantitative estimate of drug-likeness (QED) is 0.372. The number of aryl methyl sites for hydroxylation is 2. The van der Waals surface area contributed by atoms with Gasteiger partial charge in [0.05, 0.1) is 31.0 Å². The molecule has 34 heavy (non-hydrogen) atoms. The van der Waals surface area contributed by atoms with Crippen molar-refractivity contribution in [3.05, 3.63) is 83.4 Å². The van der Waals surface area contributed by atoms with Crippen molar-refractivity contribution in [2.45, 2.75) is 18.7 Å². The predicted octanol–water partition coefficient (Wildman–Crippen LogP) is 3.67. The molecule has 178 valence electrons. The van der Waals surface area contributed by atoms with Gasteiger partial charge in [-0.25, -0.2) is 13.8 Å². The molecule has 0 heterocycles. The van der Waals surface area contributed by atoms with Crippen LogP contribution in [-0.2, 0) is 14.8 Å². The molecule has 3 aromatic carbocycles. The van der Waals surface area contributed by atoms with Gasteiger partial charge >= 0.3 is 0 Å². The Kier molecular flexibility index (Phi) is 7.91. The summed E-state index contributed by atoms with van der Waals surface area (Å²) in [7, 11) is -0.970. The van der Waals surface area contributed by atoms with Crippen LogP contribution in [0.5, 0.6) is 11.5 Å². The van der Waals surface area contributed by atoms with Crippen molar-refractivity contribution in [1.82, 2.24) is 5.43 Å². The normalized spacial score (nSPS) is 11.3. The number of anilines is 1. The van der Waals surface area contributed by atoms with Crippen LogP contribution in [-0.4, -0.2) is 41.3 Å². The van der Waals surface area contributed by atoms with Crippen molar-refractivity contribution in [3.63, 3.8) is 0 Å². The van der Waals surface area contributed by atoms with Crippen LogP contribution in [0.25, 0.3) is 0 Å². The second-order valence-electron chi connectivity index (χ2n) is 7.49. The van der Waals surface area contributed by atoms with E-state index in [1.807, 2.05) is 13.0 Å². The molecule has 1 N–H and O–H groups in total. The van der Waals surface area contributed by atoms with E-state index in [9.17, 15) is 13.2 Å². The lowest BCUT2D eigenvalue weighted by atomic mass is 10.1. The van der Waals surface area contributed by atoms with Gasteiger partial charge in [-0.3, -0.25) is 9.10 Å². The monoisotopic (exact) mass is 481 g/mol. The zero-order valence-electron chi connectivity index (χ0n) is 19.5. The van der Waals surface area contributed by atoms with Crippen LogP contribution in [0.3, 0.4) is 0 Å². The molecule has 0 radical (unpaired) electrons. The van der Waals surface area contributed by atoms with E-state index < -0.39 is 22.5 Å². The van der Waals surface area contributed by atoms with Crippen molar-refractivity contribution in [1.29, 1.82) is 0 Å². The minimum atomic E-state index is -4.00. The number of hydrazone groups is 1. The van der Waals surface area contributed by atoms with Gasteiger partial charge in [0.15, 0.2) is 11.5 Å². The fraction of sp³-hybridized carbons (Fsp3) is 0.200. The number of hydrogen-bond donors (Lipinski definition) is 1. The summed E-state index contributed by atoms with van der Waals surface area (Å²) in [6.45, 7) is 3.27. The number of nitrogens with one attached hydrogen (secondary N) is 1. The minimum Gasteiger partial charge on any atom is -0.493 e. The number of para-hydroxylation sites is 1. The minimum absolute atomic E-state index is 0.0902. The summed E-state index contributed by atoms with van der Waals surface area (Å²) in [4.78, 5) is 12.9. The second kappa shape index (κ2) is 10.8. The fourth-order valence-corrected chi connectivity index (χ4v) is 4.96. The lowest BCUT2D eigenvalue weighted by Gasteiger charge is -2.25. The van der Waals surface area contributed by atoms with Crippen LogP contribution in [0, 0.1) is 13.8 Å². The van der Waals surface area contributed by atoms with Gasteiger partial charge in [0, 0.05) is 5.56 Å². The van der Waals surface area contributed by atoms with E-state index in [-0.39, 0.29) is 4.90 Å². The molecule has 3 rings (SSSR count). The summed E-state index contributed by atoms with van der Waals surface area (Å²) in [5.41, 5.74) is 5.13. The maximum Gasteiger partial charge on any atom is 0.264 e. The van der Waals surface area contributed by atoms with Crippen LogP contribution in [0.15, 0.2) is 76.7 Å². The Morgan fingerprint density at radius 1 is 1.00 bits per heavy atom. The number of benzene rings is 3. The third-order valence-electron chi connectivity index (χ3n) is 5.07. The number of sulfonamides is 1. The highest BCUT2D eigenvalue weighted by Crippen LogP contribution is 2.29. The van der Waals surface area contributed by atoms with Gasteiger partial charge in [0.25, 0.3) is 15.9 Å². The van der Waals surface area contributed by atoms with Gasteiger partial charge < -0.3 is 9.47 Å². The highest BCUT2D eigenvalue weighted by Gasteiger charge is 2.28. The summed E-state index contributed by atoms with van der Waals surface area (Å²) < 4.78 is 38.6. The van der Waals surface area contributed by atoms with E-state index in [4.69, 9.17) is 9.47 Å². The Balaban J connectivity index is 1.87. The molecular formula is C25H27N3O5S. The average Bonchev–Trinajstić information content (AvgIpc) is 2.83. The van der Waals surface area contributed by atoms with Crippen molar-refractivity contribution in [2.75, 3.05) is 25.1 Å². The molecule has 1 amide bonds. The van der Waals surface area contributed by atoms with Crippen LogP contribution in [0.4, 0.5) is 5.69 Å². The fourth-order valence-electron chi connectivity index (χ4n) is 3.46. The number of amides is 1. The smallest absolute Gasteiger partial charge is 0.264 e. The van der Waals surface area contributed by atoms with E-state index >= 15 is 0 Å². The number of carbonyl (C=O) groups is 1. The SMILES string of the molecule is COc1cccc(C=NNC(=O)CN(c2ccc(C)cc2C)S(=O)(=O)c2ccccc2)c1OC. The molecule has 0 aliphatic carbocycles. The van der Waals surface area contributed by atoms with Crippen LogP contribution in [0.2, 0.25) is 0 Å². The number of nitrogens with zero attached hydrogens (tertiary/aromatic N) is 2. The third kappa shape index (κ3) is 5.55. The Hall–Kier alpha value is -3.85. The molecule has 0 aliphatic heterocycles. The molecular weight excluding hydrogens is 454 g/mol. The third-order valence-corrected chi connectivity index (χ3v) is 6.84. The van der Waals surface area contributed by atoms with Gasteiger partial charge in [-0.1, -0.05) is 42.0 Å². The van der Waals surface area contributed by atoms with E-state index in [1.165, 1.54) is 32.6 Å². The molecule has 0 unspecified atom stereocenters. The Morgan fingerprint density at radius 3 is 2.38 bits per heavy atom. The topological polar surface area (TPSA) is 97.3 Å². The zero-order chi connectivity index (χ0) is 24.7. The van der Waals surface area contributed by atoms with Crippen molar-refractivity contribution in [3.8, 4) is 11.5 Å². The predicted molar refractivity (Wildman–Crippen MR) is 132 cm³/mol. The number of hydrogen-bond acceptors (Lipinski definition) is 6. The molecule has 0 atom stereocenters. The highest BCUT2D eigenvalue weighted by atomic mass is 32.2. The van der Waals surface area contributed by atoms with Crippen LogP contribution >= 0.6 is 0 Å². The van der Waals surface area contributed by atoms with Crippen molar-refractivity contribution < 1.29 is 22.7 Å². The Bertz CT molecular complexity index is 1290. The summed E-state index contributed by atoms with van der Waals surface area (Å²) in [5.74, 6) is 0.386. The van der Waals surface area contributed by atoms with Crippen molar-refractivity contribution in [2.24, 2.45) is 5.10 Å².